The van der Waals surface area contributed by atoms with Crippen LogP contribution in [0.1, 0.15) is 84.1 Å². The van der Waals surface area contributed by atoms with Crippen molar-refractivity contribution in [1.82, 2.24) is 5.01 Å². The summed E-state index contributed by atoms with van der Waals surface area (Å²) in [6.07, 6.45) is 10.7. The van der Waals surface area contributed by atoms with Gasteiger partial charge in [-0.1, -0.05) is 58.2 Å². The van der Waals surface area contributed by atoms with Crippen LogP contribution in [0.25, 0.3) is 0 Å². The number of carbonyl (C=O) groups is 1. The van der Waals surface area contributed by atoms with Crippen LogP contribution in [0.3, 0.4) is 0 Å². The standard InChI is InChI=1S/C24H35N3O/c1-24(2,3)18-13-15-19(16-14-18)27-23(28)25-21-12-8-7-11-20(21)22(26-27)17-9-5-4-6-10-17/h7-8,11-12,17-19H,4-6,9-10,13-16H2,1-3H3,(H,25,28)/t18-,19+. The zero-order valence-electron chi connectivity index (χ0n) is 17.7. The summed E-state index contributed by atoms with van der Waals surface area (Å²) in [5, 5.41) is 10.0. The van der Waals surface area contributed by atoms with Gasteiger partial charge in [-0.05, 0) is 55.9 Å². The monoisotopic (exact) mass is 381 g/mol. The minimum atomic E-state index is -0.0579. The normalized spacial score (nSPS) is 26.9. The van der Waals surface area contributed by atoms with Gasteiger partial charge in [0.2, 0.25) is 0 Å². The van der Waals surface area contributed by atoms with Crippen LogP contribution in [-0.4, -0.2) is 22.8 Å². The van der Waals surface area contributed by atoms with Gasteiger partial charge < -0.3 is 5.32 Å². The molecule has 0 aromatic heterocycles. The van der Waals surface area contributed by atoms with Crippen LogP contribution in [0.4, 0.5) is 10.5 Å². The average Bonchev–Trinajstić information content (AvgIpc) is 2.84. The Bertz CT molecular complexity index is 734. The number of anilines is 1. The first-order valence-electron chi connectivity index (χ1n) is 11.2. The van der Waals surface area contributed by atoms with Crippen molar-refractivity contribution in [1.29, 1.82) is 0 Å². The Morgan fingerprint density at radius 1 is 0.964 bits per heavy atom. The molecule has 0 atom stereocenters. The topological polar surface area (TPSA) is 44.7 Å². The van der Waals surface area contributed by atoms with E-state index in [-0.39, 0.29) is 12.1 Å². The third kappa shape index (κ3) is 3.97. The number of carbonyl (C=O) groups excluding carboxylic acids is 1. The van der Waals surface area contributed by atoms with Gasteiger partial charge in [0, 0.05) is 11.5 Å². The molecule has 4 heteroatoms. The molecular formula is C24H35N3O. The highest BCUT2D eigenvalue weighted by Crippen LogP contribution is 2.40. The van der Waals surface area contributed by atoms with E-state index in [1.165, 1.54) is 44.9 Å². The fraction of sp³-hybridized carbons (Fsp3) is 0.667. The van der Waals surface area contributed by atoms with E-state index in [0.717, 1.165) is 35.7 Å². The van der Waals surface area contributed by atoms with Gasteiger partial charge >= 0.3 is 6.03 Å². The molecule has 3 aliphatic rings. The summed E-state index contributed by atoms with van der Waals surface area (Å²) in [7, 11) is 0. The lowest BCUT2D eigenvalue weighted by atomic mass is 9.71. The van der Waals surface area contributed by atoms with E-state index in [0.29, 0.717) is 11.3 Å². The number of amides is 2. The molecule has 2 fully saturated rings. The highest BCUT2D eigenvalue weighted by atomic mass is 16.2. The maximum Gasteiger partial charge on any atom is 0.342 e. The first-order chi connectivity index (χ1) is 13.4. The van der Waals surface area contributed by atoms with Crippen molar-refractivity contribution < 1.29 is 4.79 Å². The first kappa shape index (κ1) is 19.5. The minimum absolute atomic E-state index is 0.0579. The van der Waals surface area contributed by atoms with Crippen LogP contribution < -0.4 is 5.32 Å². The molecule has 28 heavy (non-hydrogen) atoms. The molecule has 0 saturated heterocycles. The van der Waals surface area contributed by atoms with Crippen LogP contribution in [-0.2, 0) is 0 Å². The molecule has 0 unspecified atom stereocenters. The molecule has 4 rings (SSSR count). The van der Waals surface area contributed by atoms with Crippen LogP contribution in [0.5, 0.6) is 0 Å². The van der Waals surface area contributed by atoms with Crippen LogP contribution >= 0.6 is 0 Å². The molecule has 2 saturated carbocycles. The lowest BCUT2D eigenvalue weighted by Gasteiger charge is -2.39. The van der Waals surface area contributed by atoms with Gasteiger partial charge in [-0.25, -0.2) is 9.80 Å². The Balaban J connectivity index is 1.62. The quantitative estimate of drug-likeness (QED) is 0.631. The minimum Gasteiger partial charge on any atom is -0.306 e. The second-order valence-electron chi connectivity index (χ2n) is 10.0. The fourth-order valence-electron chi connectivity index (χ4n) is 5.31. The van der Waals surface area contributed by atoms with Crippen molar-refractivity contribution in [2.45, 2.75) is 84.6 Å². The Labute approximate surface area is 169 Å². The van der Waals surface area contributed by atoms with Gasteiger partial charge in [0.15, 0.2) is 0 Å². The number of hydrogen-bond acceptors (Lipinski definition) is 2. The Morgan fingerprint density at radius 2 is 1.64 bits per heavy atom. The average molecular weight is 382 g/mol. The molecule has 1 aromatic carbocycles. The number of fused-ring (bicyclic) bond motifs is 1. The highest BCUT2D eigenvalue weighted by Gasteiger charge is 2.36. The van der Waals surface area contributed by atoms with Crippen molar-refractivity contribution >= 4 is 17.4 Å². The van der Waals surface area contributed by atoms with Crippen LogP contribution in [0.2, 0.25) is 0 Å². The van der Waals surface area contributed by atoms with E-state index < -0.39 is 0 Å². The Kier molecular flexibility index (Phi) is 5.48. The van der Waals surface area contributed by atoms with Gasteiger partial charge in [-0.3, -0.25) is 0 Å². The predicted octanol–water partition coefficient (Wildman–Crippen LogP) is 6.42. The lowest BCUT2D eigenvalue weighted by molar-refractivity contribution is 0.114. The van der Waals surface area contributed by atoms with Crippen molar-refractivity contribution in [2.24, 2.45) is 22.4 Å². The summed E-state index contributed by atoms with van der Waals surface area (Å²) in [6, 6.07) is 8.37. The van der Waals surface area contributed by atoms with Gasteiger partial charge in [0.05, 0.1) is 17.4 Å². The van der Waals surface area contributed by atoms with Gasteiger partial charge in [0.1, 0.15) is 0 Å². The Morgan fingerprint density at radius 3 is 2.32 bits per heavy atom. The van der Waals surface area contributed by atoms with Gasteiger partial charge in [-0.2, -0.15) is 5.10 Å². The summed E-state index contributed by atoms with van der Waals surface area (Å²) in [6.45, 7) is 7.02. The largest absolute Gasteiger partial charge is 0.342 e. The first-order valence-corrected chi connectivity index (χ1v) is 11.2. The zero-order valence-corrected chi connectivity index (χ0v) is 17.7. The van der Waals surface area contributed by atoms with Crippen molar-refractivity contribution in [3.05, 3.63) is 29.8 Å². The number of urea groups is 1. The number of rotatable bonds is 2. The predicted molar refractivity (Wildman–Crippen MR) is 116 cm³/mol. The third-order valence-corrected chi connectivity index (χ3v) is 7.13. The summed E-state index contributed by atoms with van der Waals surface area (Å²) < 4.78 is 0. The second-order valence-corrected chi connectivity index (χ2v) is 10.0. The Hall–Kier alpha value is -1.84. The van der Waals surface area contributed by atoms with Crippen molar-refractivity contribution in [2.75, 3.05) is 5.32 Å². The third-order valence-electron chi connectivity index (χ3n) is 7.13. The number of hydrogen-bond donors (Lipinski definition) is 1. The van der Waals surface area contributed by atoms with E-state index in [2.05, 4.69) is 38.2 Å². The molecule has 0 spiro atoms. The van der Waals surface area contributed by atoms with Gasteiger partial charge in [0.25, 0.3) is 0 Å². The zero-order chi connectivity index (χ0) is 19.7. The maximum atomic E-state index is 13.1. The number of para-hydroxylation sites is 1. The van der Waals surface area contributed by atoms with E-state index in [4.69, 9.17) is 5.10 Å². The molecule has 1 aromatic rings. The molecule has 152 valence electrons. The molecular weight excluding hydrogens is 346 g/mol. The fourth-order valence-corrected chi connectivity index (χ4v) is 5.31. The van der Waals surface area contributed by atoms with E-state index in [1.54, 1.807) is 0 Å². The van der Waals surface area contributed by atoms with Gasteiger partial charge in [-0.15, -0.1) is 0 Å². The van der Waals surface area contributed by atoms with Crippen LogP contribution in [0, 0.1) is 17.3 Å². The number of nitrogens with one attached hydrogen (secondary N) is 1. The molecule has 0 bridgehead atoms. The SMILES string of the molecule is CC(C)(C)[C@H]1CC[C@@H](N2N=C(C3CCCCC3)c3ccccc3NC2=O)CC1. The molecule has 1 aliphatic heterocycles. The number of hydrazone groups is 1. The van der Waals surface area contributed by atoms with E-state index in [1.807, 2.05) is 17.1 Å². The molecule has 0 radical (unpaired) electrons. The molecule has 2 aliphatic carbocycles. The highest BCUT2D eigenvalue weighted by molar-refractivity contribution is 6.10. The van der Waals surface area contributed by atoms with E-state index in [9.17, 15) is 4.79 Å². The second kappa shape index (κ2) is 7.88. The maximum absolute atomic E-state index is 13.1. The van der Waals surface area contributed by atoms with Crippen molar-refractivity contribution in [3.8, 4) is 0 Å². The van der Waals surface area contributed by atoms with Crippen LogP contribution in [0.15, 0.2) is 29.4 Å². The molecule has 1 heterocycles. The summed E-state index contributed by atoms with van der Waals surface area (Å²) in [5.74, 6) is 1.20. The molecule has 4 nitrogen and oxygen atoms in total. The molecule has 2 amide bonds. The number of nitrogens with zero attached hydrogens (tertiary/aromatic N) is 2. The van der Waals surface area contributed by atoms with E-state index >= 15 is 0 Å². The summed E-state index contributed by atoms with van der Waals surface area (Å²) >= 11 is 0. The smallest absolute Gasteiger partial charge is 0.306 e. The summed E-state index contributed by atoms with van der Waals surface area (Å²) in [5.41, 5.74) is 3.52. The lowest BCUT2D eigenvalue weighted by Crippen LogP contribution is -2.42. The summed E-state index contributed by atoms with van der Waals surface area (Å²) in [4.78, 5) is 13.1. The number of benzene rings is 1. The molecule has 1 N–H and O–H groups in total. The van der Waals surface area contributed by atoms with Crippen molar-refractivity contribution in [3.63, 3.8) is 0 Å².